The third-order valence-electron chi connectivity index (χ3n) is 2.35. The predicted octanol–water partition coefficient (Wildman–Crippen LogP) is 1.23. The van der Waals surface area contributed by atoms with Crippen LogP contribution in [0.1, 0.15) is 17.2 Å². The fraction of sp³-hybridized carbons (Fsp3) is 0.455. The molecule has 0 amide bonds. The Hall–Kier alpha value is -0.910. The van der Waals surface area contributed by atoms with Crippen LogP contribution in [0.5, 0.6) is 0 Å². The summed E-state index contributed by atoms with van der Waals surface area (Å²) in [6.07, 6.45) is 0.883. The van der Waals surface area contributed by atoms with Crippen LogP contribution in [0.3, 0.4) is 0 Å². The van der Waals surface area contributed by atoms with E-state index in [4.69, 9.17) is 4.74 Å². The Kier molecular flexibility index (Phi) is 4.46. The second kappa shape index (κ2) is 5.43. The fourth-order valence-corrected chi connectivity index (χ4v) is 1.95. The summed E-state index contributed by atoms with van der Waals surface area (Å²) in [5.74, 6) is 0. The molecule has 0 fully saturated rings. The molecule has 0 bridgehead atoms. The van der Waals surface area contributed by atoms with E-state index in [-0.39, 0.29) is 12.6 Å². The molecule has 1 N–H and O–H groups in total. The van der Waals surface area contributed by atoms with Crippen molar-refractivity contribution in [1.29, 1.82) is 0 Å². The van der Waals surface area contributed by atoms with Crippen LogP contribution in [0.2, 0.25) is 0 Å². The van der Waals surface area contributed by atoms with Crippen LogP contribution in [-0.4, -0.2) is 28.3 Å². The van der Waals surface area contributed by atoms with Gasteiger partial charge in [-0.2, -0.15) is 0 Å². The normalized spacial score (nSPS) is 13.7. The quantitative estimate of drug-likeness (QED) is 0.846. The molecule has 1 aromatic rings. The van der Waals surface area contributed by atoms with E-state index in [1.807, 2.05) is 31.2 Å². The third-order valence-corrected chi connectivity index (χ3v) is 3.04. The monoisotopic (exact) mass is 243 g/mol. The smallest absolute Gasteiger partial charge is 0.208 e. The number of ether oxygens (including phenoxy) is 1. The summed E-state index contributed by atoms with van der Waals surface area (Å²) in [6, 6.07) is 7.76. The highest BCUT2D eigenvalue weighted by Gasteiger charge is 2.14. The molecular weight excluding hydrogens is 226 g/mol. The zero-order chi connectivity index (χ0) is 12.2. The number of methoxy groups -OCH3 is 1. The molecular formula is C11H17NO3S. The van der Waals surface area contributed by atoms with Crippen molar-refractivity contribution in [3.05, 3.63) is 35.4 Å². The summed E-state index contributed by atoms with van der Waals surface area (Å²) in [5.41, 5.74) is 2.09. The van der Waals surface area contributed by atoms with Crippen LogP contribution in [0, 0.1) is 6.92 Å². The van der Waals surface area contributed by atoms with Gasteiger partial charge in [-0.25, -0.2) is 13.1 Å². The van der Waals surface area contributed by atoms with Crippen LogP contribution < -0.4 is 4.72 Å². The van der Waals surface area contributed by atoms with Crippen molar-refractivity contribution in [1.82, 2.24) is 4.72 Å². The molecule has 0 aliphatic rings. The standard InChI is InChI=1S/C11H17NO3S/c1-9-6-4-5-7-10(9)11(15-2)8-12-16(3,13)14/h4-7,11-12H,8H2,1-3H3. The number of nitrogens with one attached hydrogen (secondary N) is 1. The lowest BCUT2D eigenvalue weighted by Crippen LogP contribution is -2.28. The van der Waals surface area contributed by atoms with E-state index in [0.717, 1.165) is 17.4 Å². The first-order chi connectivity index (χ1) is 7.44. The highest BCUT2D eigenvalue weighted by Crippen LogP contribution is 2.19. The van der Waals surface area contributed by atoms with Gasteiger partial charge in [0, 0.05) is 13.7 Å². The van der Waals surface area contributed by atoms with Gasteiger partial charge in [-0.15, -0.1) is 0 Å². The average molecular weight is 243 g/mol. The van der Waals surface area contributed by atoms with Gasteiger partial charge in [0.1, 0.15) is 0 Å². The Morgan fingerprint density at radius 1 is 1.38 bits per heavy atom. The molecule has 1 rings (SSSR count). The highest BCUT2D eigenvalue weighted by atomic mass is 32.2. The lowest BCUT2D eigenvalue weighted by molar-refractivity contribution is 0.107. The zero-order valence-electron chi connectivity index (χ0n) is 9.73. The Labute approximate surface area is 96.7 Å². The molecule has 1 atom stereocenters. The fourth-order valence-electron chi connectivity index (χ4n) is 1.50. The number of hydrogen-bond acceptors (Lipinski definition) is 3. The van der Waals surface area contributed by atoms with E-state index in [9.17, 15) is 8.42 Å². The van der Waals surface area contributed by atoms with Crippen LogP contribution in [0.15, 0.2) is 24.3 Å². The van der Waals surface area contributed by atoms with Crippen LogP contribution in [0.25, 0.3) is 0 Å². The molecule has 0 heterocycles. The van der Waals surface area contributed by atoms with Crippen LogP contribution >= 0.6 is 0 Å². The summed E-state index contributed by atoms with van der Waals surface area (Å²) in [7, 11) is -1.61. The van der Waals surface area contributed by atoms with E-state index in [1.54, 1.807) is 7.11 Å². The van der Waals surface area contributed by atoms with Crippen molar-refractivity contribution in [3.63, 3.8) is 0 Å². The molecule has 1 unspecified atom stereocenters. The van der Waals surface area contributed by atoms with Crippen molar-refractivity contribution in [2.45, 2.75) is 13.0 Å². The molecule has 0 aliphatic carbocycles. The largest absolute Gasteiger partial charge is 0.375 e. The van der Waals surface area contributed by atoms with Crippen LogP contribution in [-0.2, 0) is 14.8 Å². The molecule has 5 heteroatoms. The first-order valence-corrected chi connectivity index (χ1v) is 6.86. The maximum atomic E-state index is 11.0. The summed E-state index contributed by atoms with van der Waals surface area (Å²) < 4.78 is 29.7. The predicted molar refractivity (Wildman–Crippen MR) is 63.8 cm³/mol. The lowest BCUT2D eigenvalue weighted by Gasteiger charge is -2.17. The minimum absolute atomic E-state index is 0.250. The molecule has 0 saturated heterocycles. The van der Waals surface area contributed by atoms with Gasteiger partial charge in [0.2, 0.25) is 10.0 Å². The number of rotatable bonds is 5. The van der Waals surface area contributed by atoms with Crippen molar-refractivity contribution >= 4 is 10.0 Å². The molecule has 0 spiro atoms. The molecule has 0 radical (unpaired) electrons. The van der Waals surface area contributed by atoms with Crippen LogP contribution in [0.4, 0.5) is 0 Å². The summed E-state index contributed by atoms with van der Waals surface area (Å²) in [4.78, 5) is 0. The number of aryl methyl sites for hydroxylation is 1. The highest BCUT2D eigenvalue weighted by molar-refractivity contribution is 7.88. The molecule has 0 saturated carbocycles. The Bertz CT molecular complexity index is 442. The maximum Gasteiger partial charge on any atom is 0.208 e. The van der Waals surface area contributed by atoms with E-state index in [2.05, 4.69) is 4.72 Å². The minimum Gasteiger partial charge on any atom is -0.375 e. The van der Waals surface area contributed by atoms with Gasteiger partial charge in [0.25, 0.3) is 0 Å². The second-order valence-corrected chi connectivity index (χ2v) is 5.53. The minimum atomic E-state index is -3.18. The first kappa shape index (κ1) is 13.2. The third kappa shape index (κ3) is 3.92. The molecule has 0 aromatic heterocycles. The van der Waals surface area contributed by atoms with Crippen molar-refractivity contribution in [2.24, 2.45) is 0 Å². The maximum absolute atomic E-state index is 11.0. The number of benzene rings is 1. The van der Waals surface area contributed by atoms with Gasteiger partial charge in [-0.05, 0) is 18.1 Å². The van der Waals surface area contributed by atoms with E-state index in [1.165, 1.54) is 0 Å². The lowest BCUT2D eigenvalue weighted by atomic mass is 10.0. The SMILES string of the molecule is COC(CNS(C)(=O)=O)c1ccccc1C. The van der Waals surface area contributed by atoms with Gasteiger partial charge < -0.3 is 4.74 Å². The molecule has 16 heavy (non-hydrogen) atoms. The first-order valence-electron chi connectivity index (χ1n) is 4.97. The molecule has 90 valence electrons. The Morgan fingerprint density at radius 3 is 2.50 bits per heavy atom. The van der Waals surface area contributed by atoms with Crippen molar-refractivity contribution in [2.75, 3.05) is 19.9 Å². The Morgan fingerprint density at radius 2 is 2.00 bits per heavy atom. The second-order valence-electron chi connectivity index (χ2n) is 3.70. The van der Waals surface area contributed by atoms with Gasteiger partial charge in [-0.3, -0.25) is 0 Å². The Balaban J connectivity index is 2.79. The van der Waals surface area contributed by atoms with E-state index >= 15 is 0 Å². The zero-order valence-corrected chi connectivity index (χ0v) is 10.5. The van der Waals surface area contributed by atoms with Crippen molar-refractivity contribution < 1.29 is 13.2 Å². The molecule has 4 nitrogen and oxygen atoms in total. The van der Waals surface area contributed by atoms with Crippen molar-refractivity contribution in [3.8, 4) is 0 Å². The average Bonchev–Trinajstić information content (AvgIpc) is 2.20. The number of hydrogen-bond donors (Lipinski definition) is 1. The van der Waals surface area contributed by atoms with Gasteiger partial charge in [0.15, 0.2) is 0 Å². The molecule has 1 aromatic carbocycles. The summed E-state index contributed by atoms with van der Waals surface area (Å²) in [5, 5.41) is 0. The topological polar surface area (TPSA) is 55.4 Å². The van der Waals surface area contributed by atoms with Gasteiger partial charge >= 0.3 is 0 Å². The van der Waals surface area contributed by atoms with E-state index < -0.39 is 10.0 Å². The summed E-state index contributed by atoms with van der Waals surface area (Å²) in [6.45, 7) is 2.22. The molecule has 0 aliphatic heterocycles. The van der Waals surface area contributed by atoms with Gasteiger partial charge in [-0.1, -0.05) is 24.3 Å². The summed E-state index contributed by atoms with van der Waals surface area (Å²) >= 11 is 0. The number of sulfonamides is 1. The van der Waals surface area contributed by atoms with E-state index in [0.29, 0.717) is 0 Å². The van der Waals surface area contributed by atoms with Gasteiger partial charge in [0.05, 0.1) is 12.4 Å².